The molecular weight excluding hydrogens is 312 g/mol. The van der Waals surface area contributed by atoms with Gasteiger partial charge in [0.15, 0.2) is 6.10 Å². The molecule has 7 heteroatoms. The highest BCUT2D eigenvalue weighted by Gasteiger charge is 2.33. The molecule has 1 atom stereocenters. The van der Waals surface area contributed by atoms with E-state index in [4.69, 9.17) is 4.74 Å². The van der Waals surface area contributed by atoms with Crippen molar-refractivity contribution in [2.24, 2.45) is 0 Å². The predicted octanol–water partition coefficient (Wildman–Crippen LogP) is 1.55. The average Bonchev–Trinajstić information content (AvgIpc) is 2.95. The molecule has 1 fully saturated rings. The molecule has 0 saturated carbocycles. The second kappa shape index (κ2) is 5.81. The van der Waals surface area contributed by atoms with Crippen molar-refractivity contribution >= 4 is 22.4 Å². The molecule has 1 amide bonds. The van der Waals surface area contributed by atoms with Crippen molar-refractivity contribution in [1.29, 1.82) is 0 Å². The zero-order chi connectivity index (χ0) is 15.8. The summed E-state index contributed by atoms with van der Waals surface area (Å²) in [5, 5.41) is 13.1. The van der Waals surface area contributed by atoms with E-state index in [2.05, 4.69) is 26.5 Å². The molecule has 1 aromatic heterocycles. The van der Waals surface area contributed by atoms with Crippen LogP contribution >= 0.6 is 11.3 Å². The fourth-order valence-electron chi connectivity index (χ4n) is 2.94. The molecule has 1 saturated heterocycles. The van der Waals surface area contributed by atoms with Gasteiger partial charge in [-0.3, -0.25) is 4.79 Å². The summed E-state index contributed by atoms with van der Waals surface area (Å²) in [7, 11) is 0. The van der Waals surface area contributed by atoms with Crippen molar-refractivity contribution in [3.05, 3.63) is 34.8 Å². The topological polar surface area (TPSA) is 67.4 Å². The van der Waals surface area contributed by atoms with Crippen LogP contribution in [0.15, 0.2) is 24.3 Å². The number of anilines is 1. The monoisotopic (exact) mass is 330 g/mol. The van der Waals surface area contributed by atoms with Crippen molar-refractivity contribution in [2.75, 3.05) is 18.0 Å². The molecular formula is C16H18N4O2S. The lowest BCUT2D eigenvalue weighted by Crippen LogP contribution is -2.61. The Hall–Kier alpha value is -2.15. The predicted molar refractivity (Wildman–Crippen MR) is 88.0 cm³/mol. The van der Waals surface area contributed by atoms with E-state index < -0.39 is 0 Å². The van der Waals surface area contributed by atoms with Crippen LogP contribution in [0, 0.1) is 6.92 Å². The van der Waals surface area contributed by atoms with E-state index in [1.807, 2.05) is 25.1 Å². The number of nitrogens with zero attached hydrogens (tertiary/aromatic N) is 3. The molecule has 23 heavy (non-hydrogen) atoms. The Morgan fingerprint density at radius 3 is 2.96 bits per heavy atom. The molecule has 3 heterocycles. The number of nitrogens with one attached hydrogen (secondary N) is 1. The molecule has 1 aromatic carbocycles. The van der Waals surface area contributed by atoms with E-state index in [-0.39, 0.29) is 18.1 Å². The number of carbonyl (C=O) groups excluding carboxylic acids is 1. The van der Waals surface area contributed by atoms with Crippen molar-refractivity contribution in [2.45, 2.75) is 31.9 Å². The van der Waals surface area contributed by atoms with Crippen molar-refractivity contribution in [3.8, 4) is 5.75 Å². The molecule has 0 spiro atoms. The molecule has 2 aliphatic rings. The van der Waals surface area contributed by atoms with E-state index in [1.54, 1.807) is 11.3 Å². The van der Waals surface area contributed by atoms with Crippen LogP contribution in [0.4, 0.5) is 5.13 Å². The highest BCUT2D eigenvalue weighted by Crippen LogP contribution is 2.28. The minimum atomic E-state index is -0.386. The van der Waals surface area contributed by atoms with Gasteiger partial charge in [0.2, 0.25) is 5.13 Å². The number of amides is 1. The second-order valence-corrected chi connectivity index (χ2v) is 7.13. The van der Waals surface area contributed by atoms with Gasteiger partial charge in [-0.2, -0.15) is 0 Å². The third-order valence-corrected chi connectivity index (χ3v) is 5.12. The maximum Gasteiger partial charge on any atom is 0.261 e. The Morgan fingerprint density at radius 2 is 2.17 bits per heavy atom. The summed E-state index contributed by atoms with van der Waals surface area (Å²) >= 11 is 1.58. The lowest BCUT2D eigenvalue weighted by atomic mass is 10.0. The number of para-hydroxylation sites is 1. The standard InChI is InChI=1S/C16H18N4O2S/c1-10-18-19-16(23-10)20-8-12(9-20)17-15(21)14-7-6-11-4-2-3-5-13(11)22-14/h2-5,12,14H,6-9H2,1H3,(H,17,21). The molecule has 4 rings (SSSR count). The Bertz CT molecular complexity index is 726. The van der Waals surface area contributed by atoms with Crippen LogP contribution in [0.1, 0.15) is 17.0 Å². The van der Waals surface area contributed by atoms with Crippen LogP contribution in [0.25, 0.3) is 0 Å². The number of rotatable bonds is 3. The maximum atomic E-state index is 12.4. The van der Waals surface area contributed by atoms with Crippen LogP contribution in [-0.2, 0) is 11.2 Å². The first-order valence-electron chi connectivity index (χ1n) is 7.79. The molecule has 0 aliphatic carbocycles. The lowest BCUT2D eigenvalue weighted by Gasteiger charge is -2.39. The van der Waals surface area contributed by atoms with Crippen LogP contribution in [0.5, 0.6) is 5.75 Å². The van der Waals surface area contributed by atoms with Crippen LogP contribution in [0.3, 0.4) is 0 Å². The number of ether oxygens (including phenoxy) is 1. The van der Waals surface area contributed by atoms with Gasteiger partial charge in [0.25, 0.3) is 5.91 Å². The smallest absolute Gasteiger partial charge is 0.261 e. The van der Waals surface area contributed by atoms with E-state index in [0.29, 0.717) is 0 Å². The summed E-state index contributed by atoms with van der Waals surface area (Å²) in [5.41, 5.74) is 1.18. The summed E-state index contributed by atoms with van der Waals surface area (Å²) in [6, 6.07) is 8.08. The first-order valence-corrected chi connectivity index (χ1v) is 8.60. The molecule has 0 radical (unpaired) electrons. The summed E-state index contributed by atoms with van der Waals surface area (Å²) in [6.45, 7) is 3.51. The quantitative estimate of drug-likeness (QED) is 0.925. The maximum absolute atomic E-state index is 12.4. The number of carbonyl (C=O) groups is 1. The lowest BCUT2D eigenvalue weighted by molar-refractivity contribution is -0.129. The zero-order valence-corrected chi connectivity index (χ0v) is 13.7. The van der Waals surface area contributed by atoms with Crippen LogP contribution in [0.2, 0.25) is 0 Å². The average molecular weight is 330 g/mol. The minimum absolute atomic E-state index is 0.0161. The minimum Gasteiger partial charge on any atom is -0.480 e. The number of aromatic nitrogens is 2. The Morgan fingerprint density at radius 1 is 1.35 bits per heavy atom. The number of aryl methyl sites for hydroxylation is 2. The largest absolute Gasteiger partial charge is 0.480 e. The summed E-state index contributed by atoms with van der Waals surface area (Å²) < 4.78 is 5.83. The highest BCUT2D eigenvalue weighted by molar-refractivity contribution is 7.15. The first-order chi connectivity index (χ1) is 11.2. The normalized spacial score (nSPS) is 20.4. The van der Waals surface area contributed by atoms with Gasteiger partial charge in [-0.05, 0) is 31.4 Å². The van der Waals surface area contributed by atoms with Gasteiger partial charge in [0, 0.05) is 13.1 Å². The molecule has 1 unspecified atom stereocenters. The van der Waals surface area contributed by atoms with Gasteiger partial charge in [-0.15, -0.1) is 10.2 Å². The molecule has 0 bridgehead atoms. The third-order valence-electron chi connectivity index (χ3n) is 4.22. The SMILES string of the molecule is Cc1nnc(N2CC(NC(=O)C3CCc4ccccc4O3)C2)s1. The van der Waals surface area contributed by atoms with Crippen molar-refractivity contribution < 1.29 is 9.53 Å². The van der Waals surface area contributed by atoms with E-state index >= 15 is 0 Å². The number of hydrogen-bond acceptors (Lipinski definition) is 6. The van der Waals surface area contributed by atoms with Gasteiger partial charge in [-0.1, -0.05) is 29.5 Å². The zero-order valence-electron chi connectivity index (χ0n) is 12.9. The van der Waals surface area contributed by atoms with Gasteiger partial charge in [-0.25, -0.2) is 0 Å². The van der Waals surface area contributed by atoms with Gasteiger partial charge in [0.05, 0.1) is 6.04 Å². The molecule has 1 N–H and O–H groups in total. The molecule has 2 aromatic rings. The number of benzene rings is 1. The fraction of sp³-hybridized carbons (Fsp3) is 0.438. The first kappa shape index (κ1) is 14.4. The van der Waals surface area contributed by atoms with E-state index in [9.17, 15) is 4.79 Å². The summed E-state index contributed by atoms with van der Waals surface area (Å²) in [5.74, 6) is 0.816. The van der Waals surface area contributed by atoms with Crippen molar-refractivity contribution in [3.63, 3.8) is 0 Å². The molecule has 120 valence electrons. The molecule has 2 aliphatic heterocycles. The van der Waals surface area contributed by atoms with Gasteiger partial charge >= 0.3 is 0 Å². The highest BCUT2D eigenvalue weighted by atomic mass is 32.1. The van der Waals surface area contributed by atoms with Crippen LogP contribution in [-0.4, -0.2) is 41.3 Å². The Kier molecular flexibility index (Phi) is 3.65. The third kappa shape index (κ3) is 2.88. The second-order valence-electron chi connectivity index (χ2n) is 5.97. The van der Waals surface area contributed by atoms with Crippen molar-refractivity contribution in [1.82, 2.24) is 15.5 Å². The fourth-order valence-corrected chi connectivity index (χ4v) is 3.65. The number of fused-ring (bicyclic) bond motifs is 1. The Balaban J connectivity index is 1.30. The van der Waals surface area contributed by atoms with Crippen LogP contribution < -0.4 is 15.0 Å². The number of hydrogen-bond donors (Lipinski definition) is 1. The summed E-state index contributed by atoms with van der Waals surface area (Å²) in [4.78, 5) is 14.5. The summed E-state index contributed by atoms with van der Waals surface area (Å²) in [6.07, 6.45) is 1.23. The van der Waals surface area contributed by atoms with Gasteiger partial charge < -0.3 is 15.0 Å². The van der Waals surface area contributed by atoms with Gasteiger partial charge in [0.1, 0.15) is 10.8 Å². The van der Waals surface area contributed by atoms with E-state index in [1.165, 1.54) is 5.56 Å². The Labute approximate surface area is 138 Å². The molecule has 6 nitrogen and oxygen atoms in total. The van der Waals surface area contributed by atoms with E-state index in [0.717, 1.165) is 41.8 Å².